The molecule has 0 radical (unpaired) electrons. The van der Waals surface area contributed by atoms with Crippen molar-refractivity contribution in [1.29, 1.82) is 0 Å². The summed E-state index contributed by atoms with van der Waals surface area (Å²) < 4.78 is 0. The highest BCUT2D eigenvalue weighted by atomic mass is 16.3. The molecule has 4 N–H and O–H groups in total. The predicted octanol–water partition coefficient (Wildman–Crippen LogP) is -1.85. The van der Waals surface area contributed by atoms with Crippen molar-refractivity contribution in [3.8, 4) is 0 Å². The summed E-state index contributed by atoms with van der Waals surface area (Å²) in [5.74, 6) is -2.82. The first-order chi connectivity index (χ1) is 10.3. The van der Waals surface area contributed by atoms with Gasteiger partial charge >= 0.3 is 0 Å². The summed E-state index contributed by atoms with van der Waals surface area (Å²) in [7, 11) is 0. The minimum atomic E-state index is -1.97. The Hall–Kier alpha value is -2.58. The van der Waals surface area contributed by atoms with Crippen LogP contribution in [0.2, 0.25) is 0 Å². The first-order valence-electron chi connectivity index (χ1n) is 6.50. The quantitative estimate of drug-likeness (QED) is 0.474. The summed E-state index contributed by atoms with van der Waals surface area (Å²) in [6, 6.07) is 5.34. The van der Waals surface area contributed by atoms with Gasteiger partial charge in [-0.05, 0) is 11.1 Å². The van der Waals surface area contributed by atoms with Gasteiger partial charge in [-0.15, -0.1) is 0 Å². The molecule has 1 aromatic carbocycles. The van der Waals surface area contributed by atoms with E-state index in [2.05, 4.69) is 0 Å². The fraction of sp³-hybridized carbons (Fsp3) is 0.286. The van der Waals surface area contributed by atoms with Crippen LogP contribution in [0.4, 0.5) is 0 Å². The maximum atomic E-state index is 11.7. The van der Waals surface area contributed by atoms with Crippen LogP contribution in [0, 0.1) is 0 Å². The summed E-state index contributed by atoms with van der Waals surface area (Å²) in [5, 5.41) is 24.6. The van der Waals surface area contributed by atoms with E-state index in [1.54, 1.807) is 0 Å². The van der Waals surface area contributed by atoms with Gasteiger partial charge in [0.2, 0.25) is 11.8 Å². The number of imide groups is 2. The van der Waals surface area contributed by atoms with Gasteiger partial charge in [0.1, 0.15) is 0 Å². The molecule has 2 heterocycles. The maximum absolute atomic E-state index is 11.7. The van der Waals surface area contributed by atoms with Crippen molar-refractivity contribution in [3.63, 3.8) is 0 Å². The molecule has 0 spiro atoms. The van der Waals surface area contributed by atoms with Crippen molar-refractivity contribution in [2.75, 3.05) is 0 Å². The molecular weight excluding hydrogens is 292 g/mol. The van der Waals surface area contributed by atoms with Crippen molar-refractivity contribution < 1.29 is 29.4 Å². The van der Waals surface area contributed by atoms with Crippen LogP contribution in [0.1, 0.15) is 24.0 Å². The summed E-state index contributed by atoms with van der Waals surface area (Å²) in [5.41, 5.74) is -3.61. The van der Waals surface area contributed by atoms with Crippen LogP contribution < -0.4 is 10.6 Å². The minimum absolute atomic E-state index is 0.160. The molecule has 8 nitrogen and oxygen atoms in total. The summed E-state index contributed by atoms with van der Waals surface area (Å²) in [6.45, 7) is 0. The van der Waals surface area contributed by atoms with Crippen molar-refractivity contribution in [2.24, 2.45) is 0 Å². The number of hydrogen-bond acceptors (Lipinski definition) is 6. The van der Waals surface area contributed by atoms with Gasteiger partial charge in [0.25, 0.3) is 11.8 Å². The van der Waals surface area contributed by atoms with Crippen LogP contribution in [0.25, 0.3) is 0 Å². The molecule has 22 heavy (non-hydrogen) atoms. The number of aliphatic hydroxyl groups is 2. The van der Waals surface area contributed by atoms with E-state index in [0.29, 0.717) is 0 Å². The van der Waals surface area contributed by atoms with Crippen molar-refractivity contribution in [2.45, 2.75) is 24.0 Å². The van der Waals surface area contributed by atoms with Gasteiger partial charge in [0.15, 0.2) is 11.2 Å². The topological polar surface area (TPSA) is 133 Å². The Morgan fingerprint density at radius 1 is 0.727 bits per heavy atom. The predicted molar refractivity (Wildman–Crippen MR) is 69.8 cm³/mol. The minimum Gasteiger partial charge on any atom is -0.375 e. The van der Waals surface area contributed by atoms with E-state index < -0.39 is 47.7 Å². The number of carbonyl (C=O) groups excluding carboxylic acids is 4. The summed E-state index contributed by atoms with van der Waals surface area (Å²) >= 11 is 0. The zero-order chi connectivity index (χ0) is 16.1. The van der Waals surface area contributed by atoms with Crippen LogP contribution in [-0.4, -0.2) is 33.8 Å². The van der Waals surface area contributed by atoms with E-state index >= 15 is 0 Å². The number of amides is 4. The third-order valence-electron chi connectivity index (χ3n) is 3.93. The van der Waals surface area contributed by atoms with Gasteiger partial charge in [-0.3, -0.25) is 29.8 Å². The zero-order valence-electron chi connectivity index (χ0n) is 11.3. The van der Waals surface area contributed by atoms with Gasteiger partial charge < -0.3 is 10.2 Å². The molecule has 2 aliphatic rings. The average molecular weight is 304 g/mol. The lowest BCUT2D eigenvalue weighted by molar-refractivity contribution is -0.136. The second-order valence-electron chi connectivity index (χ2n) is 5.41. The van der Waals surface area contributed by atoms with E-state index in [0.717, 1.165) is 0 Å². The first kappa shape index (κ1) is 14.4. The number of benzene rings is 1. The Morgan fingerprint density at radius 3 is 1.27 bits per heavy atom. The monoisotopic (exact) mass is 304 g/mol. The lowest BCUT2D eigenvalue weighted by atomic mass is 9.87. The highest BCUT2D eigenvalue weighted by molar-refractivity contribution is 6.08. The highest BCUT2D eigenvalue weighted by Crippen LogP contribution is 2.33. The van der Waals surface area contributed by atoms with E-state index in [1.165, 1.54) is 24.3 Å². The Balaban J connectivity index is 1.94. The molecule has 2 saturated heterocycles. The van der Waals surface area contributed by atoms with Crippen LogP contribution >= 0.6 is 0 Å². The fourth-order valence-electron chi connectivity index (χ4n) is 2.66. The smallest absolute Gasteiger partial charge is 0.263 e. The normalized spacial score (nSPS) is 31.4. The van der Waals surface area contributed by atoms with Gasteiger partial charge in [0, 0.05) is 0 Å². The number of nitrogens with one attached hydrogen (secondary N) is 2. The Bertz CT molecular complexity index is 652. The lowest BCUT2D eigenvalue weighted by Gasteiger charge is -2.22. The van der Waals surface area contributed by atoms with Gasteiger partial charge in [0.05, 0.1) is 12.8 Å². The molecule has 2 unspecified atom stereocenters. The molecule has 2 atom stereocenters. The Morgan fingerprint density at radius 2 is 1.05 bits per heavy atom. The Labute approximate surface area is 124 Å². The van der Waals surface area contributed by atoms with Gasteiger partial charge in [-0.1, -0.05) is 24.3 Å². The number of carbonyl (C=O) groups is 4. The molecule has 2 fully saturated rings. The van der Waals surface area contributed by atoms with Crippen LogP contribution in [0.5, 0.6) is 0 Å². The standard InChI is InChI=1S/C14H12N2O6/c17-9-5-13(21,11(19)15-9)7-1-2-8(4-3-7)14(22)6-10(18)16-12(14)20/h1-4,21-22H,5-6H2,(H,15,17,19)(H,16,18,20). The highest BCUT2D eigenvalue weighted by Gasteiger charge is 2.48. The van der Waals surface area contributed by atoms with Crippen molar-refractivity contribution in [3.05, 3.63) is 35.4 Å². The molecule has 1 aromatic rings. The molecule has 0 saturated carbocycles. The molecule has 0 bridgehead atoms. The molecule has 2 aliphatic heterocycles. The Kier molecular flexibility index (Phi) is 2.91. The molecule has 0 aliphatic carbocycles. The molecule has 4 amide bonds. The molecule has 3 rings (SSSR count). The zero-order valence-corrected chi connectivity index (χ0v) is 11.3. The average Bonchev–Trinajstić information content (AvgIpc) is 2.87. The largest absolute Gasteiger partial charge is 0.375 e. The second-order valence-corrected chi connectivity index (χ2v) is 5.41. The van der Waals surface area contributed by atoms with E-state index in [4.69, 9.17) is 0 Å². The third-order valence-corrected chi connectivity index (χ3v) is 3.93. The third kappa shape index (κ3) is 1.92. The SMILES string of the molecule is O=C1CC(O)(c2ccc(C3(O)CC(=O)NC3=O)cc2)C(=O)N1. The molecular formula is C14H12N2O6. The van der Waals surface area contributed by atoms with E-state index in [9.17, 15) is 29.4 Å². The van der Waals surface area contributed by atoms with Crippen LogP contribution in [0.3, 0.4) is 0 Å². The maximum Gasteiger partial charge on any atom is 0.263 e. The molecule has 8 heteroatoms. The summed E-state index contributed by atoms with van der Waals surface area (Å²) in [6.07, 6.45) is -0.789. The van der Waals surface area contributed by atoms with Crippen LogP contribution in [0.15, 0.2) is 24.3 Å². The van der Waals surface area contributed by atoms with Crippen molar-refractivity contribution >= 4 is 23.6 Å². The second kappa shape index (κ2) is 4.46. The fourth-order valence-corrected chi connectivity index (χ4v) is 2.66. The molecule has 114 valence electrons. The van der Waals surface area contributed by atoms with Crippen molar-refractivity contribution in [1.82, 2.24) is 10.6 Å². The summed E-state index contributed by atoms with van der Waals surface area (Å²) in [4.78, 5) is 45.8. The number of hydrogen-bond donors (Lipinski definition) is 4. The lowest BCUT2D eigenvalue weighted by Crippen LogP contribution is -2.36. The molecule has 0 aromatic heterocycles. The first-order valence-corrected chi connectivity index (χ1v) is 6.50. The number of rotatable bonds is 2. The van der Waals surface area contributed by atoms with Gasteiger partial charge in [-0.2, -0.15) is 0 Å². The van der Waals surface area contributed by atoms with Gasteiger partial charge in [-0.25, -0.2) is 0 Å². The van der Waals surface area contributed by atoms with E-state index in [1.807, 2.05) is 10.6 Å². The van der Waals surface area contributed by atoms with Crippen LogP contribution in [-0.2, 0) is 30.4 Å². The van der Waals surface area contributed by atoms with E-state index in [-0.39, 0.29) is 11.1 Å².